The summed E-state index contributed by atoms with van der Waals surface area (Å²) in [6.07, 6.45) is 0.163. The fourth-order valence-electron chi connectivity index (χ4n) is 3.58. The van der Waals surface area contributed by atoms with Gasteiger partial charge in [-0.05, 0) is 61.7 Å². The second kappa shape index (κ2) is 9.07. The molecule has 3 aromatic rings. The van der Waals surface area contributed by atoms with Gasteiger partial charge in [0.25, 0.3) is 0 Å². The number of amides is 2. The van der Waals surface area contributed by atoms with Crippen molar-refractivity contribution in [2.75, 3.05) is 25.0 Å². The number of aryl methyl sites for hydroxylation is 1. The Morgan fingerprint density at radius 1 is 1.26 bits per heavy atom. The number of benzene rings is 2. The van der Waals surface area contributed by atoms with Crippen molar-refractivity contribution in [3.63, 3.8) is 0 Å². The Balaban J connectivity index is 1.32. The van der Waals surface area contributed by atoms with E-state index < -0.39 is 6.09 Å². The highest BCUT2D eigenvalue weighted by Gasteiger charge is 2.23. The number of aromatic nitrogens is 1. The number of hydrogen-bond acceptors (Lipinski definition) is 5. The number of anilines is 1. The van der Waals surface area contributed by atoms with Gasteiger partial charge in [-0.1, -0.05) is 15.9 Å². The Morgan fingerprint density at radius 3 is 2.65 bits per heavy atom. The molecule has 2 aromatic carbocycles. The van der Waals surface area contributed by atoms with Gasteiger partial charge in [-0.2, -0.15) is 0 Å². The van der Waals surface area contributed by atoms with E-state index in [4.69, 9.17) is 14.3 Å². The maximum absolute atomic E-state index is 12.2. The monoisotopic (exact) mass is 487 g/mol. The number of carbonyl (C=O) groups excluding carboxylic acids is 1. The fraction of sp³-hybridized carbons (Fsp3) is 0.318. The van der Waals surface area contributed by atoms with Crippen molar-refractivity contribution in [2.24, 2.45) is 0 Å². The first-order valence-corrected chi connectivity index (χ1v) is 10.7. The van der Waals surface area contributed by atoms with Gasteiger partial charge in [0.2, 0.25) is 11.8 Å². The topological polar surface area (TPSA) is 105 Å². The van der Waals surface area contributed by atoms with Crippen LogP contribution in [-0.2, 0) is 9.53 Å². The minimum absolute atomic E-state index is 0.0707. The molecular formula is C22H22BrN3O5. The summed E-state index contributed by atoms with van der Waals surface area (Å²) >= 11 is 3.47. The van der Waals surface area contributed by atoms with Crippen LogP contribution in [0.4, 0.5) is 10.5 Å². The summed E-state index contributed by atoms with van der Waals surface area (Å²) in [5.74, 6) is 0.265. The molecule has 162 valence electrons. The number of nitrogens with one attached hydrogen (secondary N) is 1. The lowest BCUT2D eigenvalue weighted by atomic mass is 10.1. The largest absolute Gasteiger partial charge is 0.465 e. The summed E-state index contributed by atoms with van der Waals surface area (Å²) in [6.45, 7) is 2.75. The summed E-state index contributed by atoms with van der Waals surface area (Å²) < 4.78 is 12.5. The van der Waals surface area contributed by atoms with Crippen LogP contribution in [-0.4, -0.2) is 52.8 Å². The number of halogens is 1. The molecule has 9 heteroatoms. The van der Waals surface area contributed by atoms with Crippen LogP contribution in [0, 0.1) is 6.92 Å². The zero-order valence-electron chi connectivity index (χ0n) is 16.9. The molecule has 1 aliphatic rings. The van der Waals surface area contributed by atoms with Gasteiger partial charge >= 0.3 is 6.09 Å². The van der Waals surface area contributed by atoms with E-state index >= 15 is 0 Å². The highest BCUT2D eigenvalue weighted by atomic mass is 79.9. The van der Waals surface area contributed by atoms with E-state index in [1.54, 1.807) is 12.1 Å². The highest BCUT2D eigenvalue weighted by molar-refractivity contribution is 9.10. The molecule has 8 nitrogen and oxygen atoms in total. The lowest BCUT2D eigenvalue weighted by molar-refractivity contribution is -0.123. The highest BCUT2D eigenvalue weighted by Crippen LogP contribution is 2.29. The van der Waals surface area contributed by atoms with E-state index in [0.717, 1.165) is 26.7 Å². The summed E-state index contributed by atoms with van der Waals surface area (Å²) in [7, 11) is 0. The fourth-order valence-corrected chi connectivity index (χ4v) is 4.14. The summed E-state index contributed by atoms with van der Waals surface area (Å²) in [5.41, 5.74) is 3.99. The van der Waals surface area contributed by atoms with Gasteiger partial charge in [0.1, 0.15) is 12.1 Å². The van der Waals surface area contributed by atoms with Crippen LogP contribution >= 0.6 is 15.9 Å². The first kappa shape index (κ1) is 21.3. The average molecular weight is 488 g/mol. The van der Waals surface area contributed by atoms with E-state index in [0.29, 0.717) is 37.5 Å². The molecular weight excluding hydrogens is 466 g/mol. The van der Waals surface area contributed by atoms with Crippen LogP contribution in [0.2, 0.25) is 0 Å². The minimum Gasteiger partial charge on any atom is -0.465 e. The molecule has 0 saturated carbocycles. The molecule has 0 atom stereocenters. The van der Waals surface area contributed by atoms with E-state index in [-0.39, 0.29) is 18.6 Å². The number of fused-ring (bicyclic) bond motifs is 1. The third kappa shape index (κ3) is 5.05. The Bertz CT molecular complexity index is 1100. The summed E-state index contributed by atoms with van der Waals surface area (Å²) in [4.78, 5) is 29.0. The number of hydrogen-bond donors (Lipinski definition) is 2. The van der Waals surface area contributed by atoms with Gasteiger partial charge in [-0.25, -0.2) is 9.78 Å². The molecule has 1 aliphatic heterocycles. The van der Waals surface area contributed by atoms with Crippen molar-refractivity contribution < 1.29 is 23.8 Å². The van der Waals surface area contributed by atoms with Crippen LogP contribution in [0.1, 0.15) is 18.4 Å². The van der Waals surface area contributed by atoms with E-state index in [2.05, 4.69) is 26.2 Å². The molecule has 2 amide bonds. The van der Waals surface area contributed by atoms with Crippen LogP contribution in [0.5, 0.6) is 0 Å². The molecule has 4 rings (SSSR count). The summed E-state index contributed by atoms with van der Waals surface area (Å²) in [5, 5.41) is 11.8. The van der Waals surface area contributed by atoms with E-state index in [1.807, 2.05) is 31.2 Å². The Morgan fingerprint density at radius 2 is 1.97 bits per heavy atom. The number of carbonyl (C=O) groups is 2. The Labute approximate surface area is 187 Å². The van der Waals surface area contributed by atoms with Gasteiger partial charge in [0.15, 0.2) is 5.58 Å². The van der Waals surface area contributed by atoms with E-state index in [1.165, 1.54) is 4.90 Å². The van der Waals surface area contributed by atoms with Crippen LogP contribution < -0.4 is 5.32 Å². The molecule has 31 heavy (non-hydrogen) atoms. The molecule has 2 heterocycles. The predicted molar refractivity (Wildman–Crippen MR) is 119 cm³/mol. The summed E-state index contributed by atoms with van der Waals surface area (Å²) in [6, 6.07) is 11.1. The standard InChI is InChI=1S/C22H22BrN3O5/c1-13-10-15(23)11-18-20(13)31-21(25-18)14-2-4-16(5-3-14)24-19(27)12-30-17-6-8-26(9-7-17)22(28)29/h2-5,10-11,17H,6-9,12H2,1H3,(H,24,27)(H,28,29). The number of nitrogens with zero attached hydrogens (tertiary/aromatic N) is 2. The zero-order chi connectivity index (χ0) is 22.0. The Hall–Kier alpha value is -2.91. The molecule has 0 aliphatic carbocycles. The number of oxazole rings is 1. The molecule has 0 bridgehead atoms. The van der Waals surface area contributed by atoms with Crippen LogP contribution in [0.15, 0.2) is 45.3 Å². The average Bonchev–Trinajstić information content (AvgIpc) is 3.17. The van der Waals surface area contributed by atoms with E-state index in [9.17, 15) is 9.59 Å². The van der Waals surface area contributed by atoms with Gasteiger partial charge in [0.05, 0.1) is 6.10 Å². The second-order valence-corrected chi connectivity index (χ2v) is 8.41. The first-order valence-electron chi connectivity index (χ1n) is 9.95. The van der Waals surface area contributed by atoms with Crippen molar-refractivity contribution in [1.29, 1.82) is 0 Å². The van der Waals surface area contributed by atoms with Gasteiger partial charge in [-0.3, -0.25) is 4.79 Å². The minimum atomic E-state index is -0.916. The van der Waals surface area contributed by atoms with Crippen LogP contribution in [0.25, 0.3) is 22.6 Å². The number of ether oxygens (including phenoxy) is 1. The van der Waals surface area contributed by atoms with Crippen molar-refractivity contribution in [3.05, 3.63) is 46.4 Å². The lowest BCUT2D eigenvalue weighted by Crippen LogP contribution is -2.40. The molecule has 0 spiro atoms. The molecule has 0 unspecified atom stereocenters. The third-order valence-electron chi connectivity index (χ3n) is 5.22. The quantitative estimate of drug-likeness (QED) is 0.541. The van der Waals surface area contributed by atoms with Crippen molar-refractivity contribution >= 4 is 44.7 Å². The Kier molecular flexibility index (Phi) is 6.24. The van der Waals surface area contributed by atoms with Crippen molar-refractivity contribution in [1.82, 2.24) is 9.88 Å². The number of likely N-dealkylation sites (tertiary alicyclic amines) is 1. The van der Waals surface area contributed by atoms with Gasteiger partial charge in [-0.15, -0.1) is 0 Å². The van der Waals surface area contributed by atoms with Crippen molar-refractivity contribution in [2.45, 2.75) is 25.9 Å². The normalized spacial score (nSPS) is 14.7. The maximum atomic E-state index is 12.2. The zero-order valence-corrected chi connectivity index (χ0v) is 18.5. The molecule has 1 fully saturated rings. The molecule has 0 radical (unpaired) electrons. The third-order valence-corrected chi connectivity index (χ3v) is 5.68. The van der Waals surface area contributed by atoms with Gasteiger partial charge in [0, 0.05) is 28.8 Å². The smallest absolute Gasteiger partial charge is 0.407 e. The second-order valence-electron chi connectivity index (χ2n) is 7.50. The van der Waals surface area contributed by atoms with Crippen LogP contribution in [0.3, 0.4) is 0 Å². The number of piperidine rings is 1. The first-order chi connectivity index (χ1) is 14.9. The number of carboxylic acid groups (broad SMARTS) is 1. The molecule has 1 saturated heterocycles. The lowest BCUT2D eigenvalue weighted by Gasteiger charge is -2.29. The molecule has 1 aromatic heterocycles. The van der Waals surface area contributed by atoms with Gasteiger partial charge < -0.3 is 24.5 Å². The number of rotatable bonds is 5. The SMILES string of the molecule is Cc1cc(Br)cc2nc(-c3ccc(NC(=O)COC4CCN(C(=O)O)CC4)cc3)oc12. The predicted octanol–water partition coefficient (Wildman–Crippen LogP) is 4.66. The van der Waals surface area contributed by atoms with Crippen molar-refractivity contribution in [3.8, 4) is 11.5 Å². The molecule has 2 N–H and O–H groups in total. The maximum Gasteiger partial charge on any atom is 0.407 e.